The van der Waals surface area contributed by atoms with Gasteiger partial charge in [-0.2, -0.15) is 4.98 Å². The molecule has 0 aliphatic heterocycles. The Hall–Kier alpha value is -2.89. The summed E-state index contributed by atoms with van der Waals surface area (Å²) in [6.07, 6.45) is 0. The third kappa shape index (κ3) is 3.15. The maximum Gasteiger partial charge on any atom is 0.338 e. The molecule has 0 atom stereocenters. The Morgan fingerprint density at radius 1 is 1.09 bits per heavy atom. The average Bonchev–Trinajstić information content (AvgIpc) is 3.11. The van der Waals surface area contributed by atoms with Crippen LogP contribution in [0.4, 0.5) is 0 Å². The number of aromatic nitrogens is 3. The van der Waals surface area contributed by atoms with E-state index in [2.05, 4.69) is 26.8 Å². The van der Waals surface area contributed by atoms with Gasteiger partial charge in [0.05, 0.1) is 5.56 Å². The minimum absolute atomic E-state index is 0.0305. The monoisotopic (exact) mass is 311 g/mol. The van der Waals surface area contributed by atoms with Crippen LogP contribution >= 0.6 is 0 Å². The Labute approximate surface area is 133 Å². The number of hydrogen-bond donors (Lipinski definition) is 0. The first-order valence-electron chi connectivity index (χ1n) is 7.26. The van der Waals surface area contributed by atoms with Crippen LogP contribution in [0.2, 0.25) is 0 Å². The van der Waals surface area contributed by atoms with Crippen LogP contribution in [0.5, 0.6) is 0 Å². The molecule has 6 heteroatoms. The van der Waals surface area contributed by atoms with Gasteiger partial charge in [-0.05, 0) is 57.2 Å². The topological polar surface area (TPSA) is 70.2 Å². The number of benzene rings is 1. The highest BCUT2D eigenvalue weighted by atomic mass is 16.6. The molecule has 0 aliphatic rings. The molecular formula is C17H17N3O3. The first kappa shape index (κ1) is 15.0. The Bertz CT molecular complexity index is 812. The lowest BCUT2D eigenvalue weighted by molar-refractivity contribution is 0.0430. The summed E-state index contributed by atoms with van der Waals surface area (Å²) >= 11 is 0. The molecule has 1 aromatic carbocycles. The largest absolute Gasteiger partial charge is 0.452 e. The summed E-state index contributed by atoms with van der Waals surface area (Å²) in [6.45, 7) is 5.76. The van der Waals surface area contributed by atoms with Crippen LogP contribution in [-0.4, -0.2) is 20.7 Å². The summed E-state index contributed by atoms with van der Waals surface area (Å²) in [5.74, 6) is 0.372. The number of aryl methyl sites for hydroxylation is 3. The van der Waals surface area contributed by atoms with E-state index in [1.807, 2.05) is 26.0 Å². The highest BCUT2D eigenvalue weighted by Gasteiger charge is 2.11. The van der Waals surface area contributed by atoms with Gasteiger partial charge in [0.1, 0.15) is 0 Å². The van der Waals surface area contributed by atoms with Gasteiger partial charge in [0.25, 0.3) is 5.89 Å². The molecule has 0 bridgehead atoms. The minimum atomic E-state index is -0.423. The van der Waals surface area contributed by atoms with E-state index in [1.54, 1.807) is 19.1 Å². The first-order valence-corrected chi connectivity index (χ1v) is 7.26. The first-order chi connectivity index (χ1) is 11.0. The lowest BCUT2D eigenvalue weighted by Gasteiger charge is -2.10. The number of ether oxygens (including phenoxy) is 1. The zero-order valence-electron chi connectivity index (χ0n) is 13.2. The van der Waals surface area contributed by atoms with E-state index in [4.69, 9.17) is 9.26 Å². The molecule has 0 amide bonds. The standard InChI is InChI=1S/C17H17N3O3/c1-11-4-5-12(2)20(11)15-8-6-14(7-9-15)17(21)22-10-16-18-13(3)19-23-16/h4-9H,10H2,1-3H3. The Balaban J connectivity index is 1.70. The summed E-state index contributed by atoms with van der Waals surface area (Å²) in [6, 6.07) is 11.4. The maximum atomic E-state index is 12.0. The summed E-state index contributed by atoms with van der Waals surface area (Å²) in [5.41, 5.74) is 3.77. The second-order valence-electron chi connectivity index (χ2n) is 5.31. The Morgan fingerprint density at radius 2 is 1.74 bits per heavy atom. The van der Waals surface area contributed by atoms with E-state index in [1.165, 1.54) is 0 Å². The minimum Gasteiger partial charge on any atom is -0.452 e. The zero-order valence-corrected chi connectivity index (χ0v) is 13.2. The van der Waals surface area contributed by atoms with Crippen LogP contribution in [0.1, 0.15) is 33.5 Å². The summed E-state index contributed by atoms with van der Waals surface area (Å²) in [7, 11) is 0. The molecule has 0 fully saturated rings. The second kappa shape index (κ2) is 6.08. The molecule has 0 saturated heterocycles. The lowest BCUT2D eigenvalue weighted by Crippen LogP contribution is -2.06. The van der Waals surface area contributed by atoms with Gasteiger partial charge in [0.15, 0.2) is 12.4 Å². The van der Waals surface area contributed by atoms with Gasteiger partial charge in [-0.25, -0.2) is 4.79 Å². The summed E-state index contributed by atoms with van der Waals surface area (Å²) < 4.78 is 12.2. The molecule has 6 nitrogen and oxygen atoms in total. The van der Waals surface area contributed by atoms with Crippen molar-refractivity contribution in [2.45, 2.75) is 27.4 Å². The van der Waals surface area contributed by atoms with Gasteiger partial charge in [-0.1, -0.05) is 5.16 Å². The van der Waals surface area contributed by atoms with Crippen LogP contribution in [0, 0.1) is 20.8 Å². The smallest absolute Gasteiger partial charge is 0.338 e. The number of esters is 1. The Kier molecular flexibility index (Phi) is 3.97. The third-order valence-corrected chi connectivity index (χ3v) is 3.53. The SMILES string of the molecule is Cc1noc(COC(=O)c2ccc(-n3c(C)ccc3C)cc2)n1. The number of rotatable bonds is 4. The van der Waals surface area contributed by atoms with Crippen molar-refractivity contribution in [2.75, 3.05) is 0 Å². The molecule has 0 N–H and O–H groups in total. The van der Waals surface area contributed by atoms with Gasteiger partial charge in [0.2, 0.25) is 0 Å². The maximum absolute atomic E-state index is 12.0. The number of hydrogen-bond acceptors (Lipinski definition) is 5. The lowest BCUT2D eigenvalue weighted by atomic mass is 10.2. The van der Waals surface area contributed by atoms with Crippen LogP contribution in [0.25, 0.3) is 5.69 Å². The third-order valence-electron chi connectivity index (χ3n) is 3.53. The van der Waals surface area contributed by atoms with Crippen LogP contribution < -0.4 is 0 Å². The quantitative estimate of drug-likeness (QED) is 0.692. The molecule has 118 valence electrons. The van der Waals surface area contributed by atoms with Crippen LogP contribution in [0.3, 0.4) is 0 Å². The molecule has 0 aliphatic carbocycles. The molecule has 2 aromatic heterocycles. The van der Waals surface area contributed by atoms with E-state index in [9.17, 15) is 4.79 Å². The number of carbonyl (C=O) groups excluding carboxylic acids is 1. The van der Waals surface area contributed by atoms with E-state index < -0.39 is 5.97 Å². The average molecular weight is 311 g/mol. The van der Waals surface area contributed by atoms with Crippen molar-refractivity contribution in [3.63, 3.8) is 0 Å². The van der Waals surface area contributed by atoms with Crippen molar-refractivity contribution in [1.82, 2.24) is 14.7 Å². The van der Waals surface area contributed by atoms with E-state index in [-0.39, 0.29) is 12.5 Å². The second-order valence-corrected chi connectivity index (χ2v) is 5.31. The zero-order chi connectivity index (χ0) is 16.4. The molecule has 0 spiro atoms. The number of nitrogens with zero attached hydrogens (tertiary/aromatic N) is 3. The van der Waals surface area contributed by atoms with E-state index in [0.717, 1.165) is 17.1 Å². The fourth-order valence-corrected chi connectivity index (χ4v) is 2.43. The van der Waals surface area contributed by atoms with Crippen molar-refractivity contribution in [3.8, 4) is 5.69 Å². The predicted molar refractivity (Wildman–Crippen MR) is 83.4 cm³/mol. The molecular weight excluding hydrogens is 294 g/mol. The summed E-state index contributed by atoms with van der Waals surface area (Å²) in [4.78, 5) is 16.0. The van der Waals surface area contributed by atoms with Crippen LogP contribution in [0.15, 0.2) is 40.9 Å². The highest BCUT2D eigenvalue weighted by Crippen LogP contribution is 2.17. The van der Waals surface area contributed by atoms with E-state index >= 15 is 0 Å². The fraction of sp³-hybridized carbons (Fsp3) is 0.235. The number of carbonyl (C=O) groups is 1. The predicted octanol–water partition coefficient (Wildman–Crippen LogP) is 3.14. The van der Waals surface area contributed by atoms with Gasteiger partial charge in [-0.15, -0.1) is 0 Å². The van der Waals surface area contributed by atoms with Crippen molar-refractivity contribution in [3.05, 3.63) is 65.1 Å². The molecule has 0 unspecified atom stereocenters. The molecule has 3 rings (SSSR count). The Morgan fingerprint density at radius 3 is 2.30 bits per heavy atom. The molecule has 0 saturated carbocycles. The molecule has 23 heavy (non-hydrogen) atoms. The van der Waals surface area contributed by atoms with Crippen LogP contribution in [-0.2, 0) is 11.3 Å². The fourth-order valence-electron chi connectivity index (χ4n) is 2.43. The van der Waals surface area contributed by atoms with Gasteiger partial charge < -0.3 is 13.8 Å². The van der Waals surface area contributed by atoms with E-state index in [0.29, 0.717) is 11.4 Å². The normalized spacial score (nSPS) is 10.7. The van der Waals surface area contributed by atoms with Gasteiger partial charge >= 0.3 is 5.97 Å². The molecule has 0 radical (unpaired) electrons. The summed E-state index contributed by atoms with van der Waals surface area (Å²) in [5, 5.41) is 3.64. The van der Waals surface area contributed by atoms with Crippen molar-refractivity contribution >= 4 is 5.97 Å². The molecule has 2 heterocycles. The van der Waals surface area contributed by atoms with Crippen molar-refractivity contribution in [1.29, 1.82) is 0 Å². The van der Waals surface area contributed by atoms with Crippen molar-refractivity contribution < 1.29 is 14.1 Å². The van der Waals surface area contributed by atoms with Gasteiger partial charge in [0, 0.05) is 17.1 Å². The highest BCUT2D eigenvalue weighted by molar-refractivity contribution is 5.89. The molecule has 3 aromatic rings. The van der Waals surface area contributed by atoms with Gasteiger partial charge in [-0.3, -0.25) is 0 Å². The van der Waals surface area contributed by atoms with Crippen molar-refractivity contribution in [2.24, 2.45) is 0 Å².